The van der Waals surface area contributed by atoms with Crippen molar-refractivity contribution in [3.8, 4) is 0 Å². The van der Waals surface area contributed by atoms with Crippen molar-refractivity contribution in [3.63, 3.8) is 0 Å². The van der Waals surface area contributed by atoms with Crippen LogP contribution >= 0.6 is 11.6 Å². The third-order valence-corrected chi connectivity index (χ3v) is 5.53. The molecule has 1 amide bonds. The van der Waals surface area contributed by atoms with Gasteiger partial charge in [-0.1, -0.05) is 24.4 Å². The average Bonchev–Trinajstić information content (AvgIpc) is 3.15. The van der Waals surface area contributed by atoms with E-state index in [0.29, 0.717) is 17.0 Å². The number of rotatable bonds is 2. The number of hydrogen-bond acceptors (Lipinski definition) is 3. The lowest BCUT2D eigenvalue weighted by atomic mass is 9.84. The summed E-state index contributed by atoms with van der Waals surface area (Å²) in [6.45, 7) is 0. The summed E-state index contributed by atoms with van der Waals surface area (Å²) in [4.78, 5) is 26.2. The van der Waals surface area contributed by atoms with Gasteiger partial charge in [0.1, 0.15) is 11.6 Å². The second kappa shape index (κ2) is 5.81. The molecule has 2 heterocycles. The second-order valence-corrected chi connectivity index (χ2v) is 7.14. The van der Waals surface area contributed by atoms with Crippen LogP contribution in [0, 0.1) is 5.92 Å². The third kappa shape index (κ3) is 2.47. The molecular weight excluding hydrogens is 330 g/mol. The number of likely N-dealkylation sites (tertiary alicyclic amines) is 1. The van der Waals surface area contributed by atoms with Gasteiger partial charge in [-0.05, 0) is 49.4 Å². The SMILES string of the molecule is O=C(O)C1CC2CCCCC2N1C(=O)c1cc2cc(Cl)ccc2o1. The fourth-order valence-corrected chi connectivity index (χ4v) is 4.40. The number of hydrogen-bond donors (Lipinski definition) is 1. The van der Waals surface area contributed by atoms with E-state index in [1.165, 1.54) is 0 Å². The summed E-state index contributed by atoms with van der Waals surface area (Å²) in [6.07, 6.45) is 4.55. The number of carbonyl (C=O) groups excluding carboxylic acids is 1. The van der Waals surface area contributed by atoms with Gasteiger partial charge in [0.25, 0.3) is 5.91 Å². The zero-order chi connectivity index (χ0) is 16.8. The number of carboxylic acids is 1. The molecule has 0 radical (unpaired) electrons. The van der Waals surface area contributed by atoms with Crippen LogP contribution < -0.4 is 0 Å². The van der Waals surface area contributed by atoms with Crippen LogP contribution in [-0.2, 0) is 4.79 Å². The molecule has 1 saturated carbocycles. The summed E-state index contributed by atoms with van der Waals surface area (Å²) in [5.74, 6) is -0.798. The molecule has 1 saturated heterocycles. The highest BCUT2D eigenvalue weighted by Crippen LogP contribution is 2.41. The minimum atomic E-state index is -0.933. The first-order chi connectivity index (χ1) is 11.5. The van der Waals surface area contributed by atoms with E-state index < -0.39 is 12.0 Å². The summed E-state index contributed by atoms with van der Waals surface area (Å²) < 4.78 is 5.66. The normalized spacial score (nSPS) is 26.5. The number of aliphatic carboxylic acids is 1. The lowest BCUT2D eigenvalue weighted by molar-refractivity contribution is -0.141. The molecule has 1 N–H and O–H groups in total. The van der Waals surface area contributed by atoms with Crippen LogP contribution in [0.1, 0.15) is 42.7 Å². The van der Waals surface area contributed by atoms with Gasteiger partial charge in [0, 0.05) is 16.5 Å². The van der Waals surface area contributed by atoms with Crippen LogP contribution in [0.2, 0.25) is 5.02 Å². The zero-order valence-electron chi connectivity index (χ0n) is 13.1. The smallest absolute Gasteiger partial charge is 0.326 e. The molecule has 3 unspecified atom stereocenters. The van der Waals surface area contributed by atoms with Gasteiger partial charge < -0.3 is 14.4 Å². The molecule has 2 aliphatic rings. The molecule has 0 bridgehead atoms. The lowest BCUT2D eigenvalue weighted by Gasteiger charge is -2.32. The number of carbonyl (C=O) groups is 2. The highest BCUT2D eigenvalue weighted by atomic mass is 35.5. The number of nitrogens with zero attached hydrogens (tertiary/aromatic N) is 1. The molecule has 24 heavy (non-hydrogen) atoms. The molecule has 2 fully saturated rings. The van der Waals surface area contributed by atoms with Crippen molar-refractivity contribution >= 4 is 34.4 Å². The summed E-state index contributed by atoms with van der Waals surface area (Å²) in [7, 11) is 0. The first-order valence-corrected chi connectivity index (χ1v) is 8.67. The van der Waals surface area contributed by atoms with Crippen molar-refractivity contribution in [1.29, 1.82) is 0 Å². The Morgan fingerprint density at radius 1 is 1.21 bits per heavy atom. The first kappa shape index (κ1) is 15.5. The van der Waals surface area contributed by atoms with Gasteiger partial charge in [-0.25, -0.2) is 4.79 Å². The lowest BCUT2D eigenvalue weighted by Crippen LogP contribution is -2.46. The van der Waals surface area contributed by atoms with Crippen LogP contribution in [-0.4, -0.2) is 34.0 Å². The van der Waals surface area contributed by atoms with Crippen LogP contribution in [0.15, 0.2) is 28.7 Å². The van der Waals surface area contributed by atoms with Gasteiger partial charge in [0.05, 0.1) is 0 Å². The van der Waals surface area contributed by atoms with E-state index in [2.05, 4.69) is 0 Å². The fraction of sp³-hybridized carbons (Fsp3) is 0.444. The van der Waals surface area contributed by atoms with E-state index in [-0.39, 0.29) is 23.6 Å². The van der Waals surface area contributed by atoms with Gasteiger partial charge >= 0.3 is 5.97 Å². The molecular formula is C18H18ClNO4. The first-order valence-electron chi connectivity index (χ1n) is 8.29. The maximum Gasteiger partial charge on any atom is 0.326 e. The van der Waals surface area contributed by atoms with Crippen molar-refractivity contribution in [1.82, 2.24) is 4.90 Å². The second-order valence-electron chi connectivity index (χ2n) is 6.71. The molecule has 1 aliphatic heterocycles. The summed E-state index contributed by atoms with van der Waals surface area (Å²) in [5.41, 5.74) is 0.578. The zero-order valence-corrected chi connectivity index (χ0v) is 13.8. The van der Waals surface area contributed by atoms with E-state index in [1.807, 2.05) is 0 Å². The highest BCUT2D eigenvalue weighted by molar-refractivity contribution is 6.31. The van der Waals surface area contributed by atoms with E-state index in [4.69, 9.17) is 16.0 Å². The Kier molecular flexibility index (Phi) is 3.76. The van der Waals surface area contributed by atoms with Gasteiger partial charge in [-0.3, -0.25) is 4.79 Å². The Morgan fingerprint density at radius 2 is 2.00 bits per heavy atom. The standard InChI is InChI=1S/C18H18ClNO4/c19-12-5-6-15-11(7-12)9-16(24-15)17(21)20-13-4-2-1-3-10(13)8-14(20)18(22)23/h5-7,9-10,13-14H,1-4,8H2,(H,22,23). The number of amides is 1. The average molecular weight is 348 g/mol. The Bertz CT molecular complexity index is 814. The van der Waals surface area contributed by atoms with E-state index in [9.17, 15) is 14.7 Å². The molecule has 3 atom stereocenters. The number of furan rings is 1. The molecule has 5 nitrogen and oxygen atoms in total. The summed E-state index contributed by atoms with van der Waals surface area (Å²) in [6, 6.07) is 6.05. The highest BCUT2D eigenvalue weighted by Gasteiger charge is 2.48. The van der Waals surface area contributed by atoms with E-state index >= 15 is 0 Å². The number of halogens is 1. The summed E-state index contributed by atoms with van der Waals surface area (Å²) in [5, 5.41) is 10.9. The largest absolute Gasteiger partial charge is 0.480 e. The molecule has 6 heteroatoms. The van der Waals surface area contributed by atoms with Crippen LogP contribution in [0.25, 0.3) is 11.0 Å². The fourth-order valence-electron chi connectivity index (χ4n) is 4.22. The van der Waals surface area contributed by atoms with Gasteiger partial charge in [0.15, 0.2) is 5.76 Å². The predicted octanol–water partition coefficient (Wildman–Crippen LogP) is 3.94. The van der Waals surface area contributed by atoms with E-state index in [1.54, 1.807) is 29.2 Å². The van der Waals surface area contributed by atoms with Crippen LogP contribution in [0.4, 0.5) is 0 Å². The van der Waals surface area contributed by atoms with Crippen molar-refractivity contribution in [2.45, 2.75) is 44.2 Å². The van der Waals surface area contributed by atoms with Gasteiger partial charge in [-0.2, -0.15) is 0 Å². The monoisotopic (exact) mass is 347 g/mol. The van der Waals surface area contributed by atoms with E-state index in [0.717, 1.165) is 31.1 Å². The Hall–Kier alpha value is -2.01. The predicted molar refractivity (Wildman–Crippen MR) is 89.2 cm³/mol. The van der Waals surface area contributed by atoms with Gasteiger partial charge in [-0.15, -0.1) is 0 Å². The maximum absolute atomic E-state index is 13.0. The van der Waals surface area contributed by atoms with Crippen molar-refractivity contribution in [3.05, 3.63) is 35.0 Å². The number of fused-ring (bicyclic) bond motifs is 2. The minimum absolute atomic E-state index is 0.00384. The topological polar surface area (TPSA) is 70.8 Å². The molecule has 1 aromatic carbocycles. The third-order valence-electron chi connectivity index (χ3n) is 5.30. The van der Waals surface area contributed by atoms with Gasteiger partial charge in [0.2, 0.25) is 0 Å². The maximum atomic E-state index is 13.0. The quantitative estimate of drug-likeness (QED) is 0.893. The van der Waals surface area contributed by atoms with Crippen molar-refractivity contribution in [2.75, 3.05) is 0 Å². The molecule has 0 spiro atoms. The summed E-state index contributed by atoms with van der Waals surface area (Å²) >= 11 is 5.98. The van der Waals surface area contributed by atoms with Crippen molar-refractivity contribution in [2.24, 2.45) is 5.92 Å². The Balaban J connectivity index is 1.70. The molecule has 2 aromatic rings. The minimum Gasteiger partial charge on any atom is -0.480 e. The number of carboxylic acid groups (broad SMARTS) is 1. The molecule has 4 rings (SSSR count). The Morgan fingerprint density at radius 3 is 2.79 bits per heavy atom. The van der Waals surface area contributed by atoms with Crippen LogP contribution in [0.5, 0.6) is 0 Å². The van der Waals surface area contributed by atoms with Crippen molar-refractivity contribution < 1.29 is 19.1 Å². The molecule has 1 aromatic heterocycles. The van der Waals surface area contributed by atoms with Crippen LogP contribution in [0.3, 0.4) is 0 Å². The molecule has 126 valence electrons. The number of benzene rings is 1. The molecule has 1 aliphatic carbocycles. The Labute approximate surface area is 144 Å².